The van der Waals surface area contributed by atoms with Crippen molar-refractivity contribution in [2.75, 3.05) is 6.54 Å². The number of H-pyrrole nitrogens is 1. The number of fused-ring (bicyclic) bond motifs is 2. The number of carbonyl (C=O) groups is 2. The summed E-state index contributed by atoms with van der Waals surface area (Å²) in [4.78, 5) is 30.1. The lowest BCUT2D eigenvalue weighted by Gasteiger charge is -2.46. The number of rotatable bonds is 1. The number of nitrogens with one attached hydrogen (secondary N) is 1. The molecule has 1 N–H and O–H groups in total. The van der Waals surface area contributed by atoms with E-state index in [0.717, 1.165) is 43.0 Å². The smallest absolute Gasteiger partial charge is 0.275 e. The van der Waals surface area contributed by atoms with Crippen LogP contribution in [0.1, 0.15) is 56.4 Å². The first-order valence-electron chi connectivity index (χ1n) is 10.0. The lowest BCUT2D eigenvalue weighted by Crippen LogP contribution is -2.55. The Morgan fingerprint density at radius 3 is 2.70 bits per heavy atom. The zero-order valence-electron chi connectivity index (χ0n) is 15.9. The molecule has 27 heavy (non-hydrogen) atoms. The van der Waals surface area contributed by atoms with Gasteiger partial charge in [-0.3, -0.25) is 14.7 Å². The van der Waals surface area contributed by atoms with Crippen LogP contribution in [0.5, 0.6) is 0 Å². The summed E-state index contributed by atoms with van der Waals surface area (Å²) in [6, 6.07) is 8.29. The number of aromatic amines is 1. The van der Waals surface area contributed by atoms with E-state index in [9.17, 15) is 9.59 Å². The van der Waals surface area contributed by atoms with Crippen LogP contribution in [0.25, 0.3) is 10.9 Å². The van der Waals surface area contributed by atoms with Crippen molar-refractivity contribution in [2.45, 2.75) is 64.1 Å². The molecular formula is C21H26N4O2. The Morgan fingerprint density at radius 1 is 1.19 bits per heavy atom. The van der Waals surface area contributed by atoms with Gasteiger partial charge in [-0.05, 0) is 25.3 Å². The van der Waals surface area contributed by atoms with Crippen LogP contribution in [0.2, 0.25) is 0 Å². The van der Waals surface area contributed by atoms with Gasteiger partial charge in [0.15, 0.2) is 5.69 Å². The highest BCUT2D eigenvalue weighted by Crippen LogP contribution is 2.53. The second-order valence-corrected chi connectivity index (χ2v) is 8.68. The number of amides is 2. The monoisotopic (exact) mass is 366 g/mol. The molecule has 2 aliphatic heterocycles. The number of likely N-dealkylation sites (tertiary alicyclic amines) is 2. The van der Waals surface area contributed by atoms with E-state index in [-0.39, 0.29) is 35.4 Å². The predicted octanol–water partition coefficient (Wildman–Crippen LogP) is 2.96. The van der Waals surface area contributed by atoms with Gasteiger partial charge in [-0.25, -0.2) is 0 Å². The molecule has 142 valence electrons. The maximum absolute atomic E-state index is 13.6. The van der Waals surface area contributed by atoms with Gasteiger partial charge < -0.3 is 9.80 Å². The van der Waals surface area contributed by atoms with Gasteiger partial charge >= 0.3 is 0 Å². The van der Waals surface area contributed by atoms with Gasteiger partial charge in [-0.15, -0.1) is 0 Å². The molecule has 5 rings (SSSR count). The molecule has 1 aromatic carbocycles. The molecular weight excluding hydrogens is 340 g/mol. The quantitative estimate of drug-likeness (QED) is 0.844. The van der Waals surface area contributed by atoms with Gasteiger partial charge in [0, 0.05) is 36.4 Å². The molecule has 1 aromatic heterocycles. The van der Waals surface area contributed by atoms with Crippen LogP contribution in [0.4, 0.5) is 0 Å². The Morgan fingerprint density at radius 2 is 1.93 bits per heavy atom. The minimum Gasteiger partial charge on any atom is -0.337 e. The summed E-state index contributed by atoms with van der Waals surface area (Å²) in [6.45, 7) is 4.62. The molecule has 6 nitrogen and oxygen atoms in total. The topological polar surface area (TPSA) is 69.3 Å². The highest BCUT2D eigenvalue weighted by atomic mass is 16.2. The molecule has 4 atom stereocenters. The van der Waals surface area contributed by atoms with Crippen molar-refractivity contribution in [3.63, 3.8) is 0 Å². The van der Waals surface area contributed by atoms with Crippen molar-refractivity contribution < 1.29 is 9.59 Å². The third-order valence-corrected chi connectivity index (χ3v) is 7.23. The molecule has 0 radical (unpaired) electrons. The molecule has 0 unspecified atom stereocenters. The average molecular weight is 366 g/mol. The molecule has 2 amide bonds. The lowest BCUT2D eigenvalue weighted by molar-refractivity contribution is -0.136. The van der Waals surface area contributed by atoms with Crippen LogP contribution in [-0.2, 0) is 4.79 Å². The maximum Gasteiger partial charge on any atom is 0.275 e. The third kappa shape index (κ3) is 2.28. The summed E-state index contributed by atoms with van der Waals surface area (Å²) in [5.74, 6) is 0.147. The first-order chi connectivity index (χ1) is 13.0. The highest BCUT2D eigenvalue weighted by Gasteiger charge is 2.60. The molecule has 3 heterocycles. The van der Waals surface area contributed by atoms with Crippen LogP contribution in [0.15, 0.2) is 24.3 Å². The Bertz CT molecular complexity index is 922. The molecule has 2 bridgehead atoms. The zero-order valence-corrected chi connectivity index (χ0v) is 15.9. The largest absolute Gasteiger partial charge is 0.337 e. The lowest BCUT2D eigenvalue weighted by atomic mass is 9.71. The van der Waals surface area contributed by atoms with Gasteiger partial charge in [0.25, 0.3) is 5.91 Å². The maximum atomic E-state index is 13.6. The third-order valence-electron chi connectivity index (χ3n) is 7.23. The molecule has 0 spiro atoms. The first-order valence-corrected chi connectivity index (χ1v) is 10.0. The van der Waals surface area contributed by atoms with Gasteiger partial charge in [0.1, 0.15) is 0 Å². The van der Waals surface area contributed by atoms with Crippen LogP contribution in [0.3, 0.4) is 0 Å². The van der Waals surface area contributed by atoms with Gasteiger partial charge in [-0.2, -0.15) is 5.10 Å². The summed E-state index contributed by atoms with van der Waals surface area (Å²) in [7, 11) is 0. The second kappa shape index (κ2) is 5.81. The van der Waals surface area contributed by atoms with E-state index in [1.807, 2.05) is 29.2 Å². The second-order valence-electron chi connectivity index (χ2n) is 8.68. The molecule has 2 aromatic rings. The van der Waals surface area contributed by atoms with Crippen LogP contribution in [-0.4, -0.2) is 56.5 Å². The summed E-state index contributed by atoms with van der Waals surface area (Å²) in [5.41, 5.74) is 1.38. The fraction of sp³-hybridized carbons (Fsp3) is 0.571. The standard InChI is InChI=1S/C21H26N4O2/c1-13(26)24-12-14-11-21(2)17(24)9-5-6-10-18(21)25(14)20(27)19-15-7-3-4-8-16(15)22-23-19/h3-4,7-8,14,17-18H,5-6,9-12H2,1-2H3,(H,22,23)/t14-,17+,18-,21+/m0/s1. The Labute approximate surface area is 158 Å². The van der Waals surface area contributed by atoms with Crippen molar-refractivity contribution in [1.82, 2.24) is 20.0 Å². The summed E-state index contributed by atoms with van der Waals surface area (Å²) in [5, 5.41) is 8.24. The van der Waals surface area contributed by atoms with E-state index in [0.29, 0.717) is 12.2 Å². The number of carbonyl (C=O) groups excluding carboxylic acids is 2. The Hall–Kier alpha value is -2.37. The number of aromatic nitrogens is 2. The Balaban J connectivity index is 1.58. The zero-order chi connectivity index (χ0) is 18.8. The van der Waals surface area contributed by atoms with E-state index in [4.69, 9.17) is 0 Å². The van der Waals surface area contributed by atoms with E-state index in [1.165, 1.54) is 0 Å². The number of hydrogen-bond acceptors (Lipinski definition) is 3. The number of piperidine rings is 1. The van der Waals surface area contributed by atoms with Gasteiger partial charge in [-0.1, -0.05) is 38.0 Å². The van der Waals surface area contributed by atoms with Crippen molar-refractivity contribution in [2.24, 2.45) is 5.41 Å². The molecule has 1 aliphatic carbocycles. The number of benzene rings is 1. The van der Waals surface area contributed by atoms with E-state index in [1.54, 1.807) is 6.92 Å². The van der Waals surface area contributed by atoms with Crippen molar-refractivity contribution in [3.05, 3.63) is 30.0 Å². The predicted molar refractivity (Wildman–Crippen MR) is 102 cm³/mol. The normalized spacial score (nSPS) is 32.6. The van der Waals surface area contributed by atoms with E-state index >= 15 is 0 Å². The SMILES string of the molecule is CC(=O)N1C[C@@H]2C[C@@]3(C)[C@H](CCCC[C@@H]13)N2C(=O)c1n[nH]c2ccccc12. The number of nitrogens with zero attached hydrogens (tertiary/aromatic N) is 3. The molecule has 1 saturated carbocycles. The summed E-state index contributed by atoms with van der Waals surface area (Å²) >= 11 is 0. The van der Waals surface area contributed by atoms with Gasteiger partial charge in [0.05, 0.1) is 11.6 Å². The Kier molecular flexibility index (Phi) is 3.61. The molecule has 6 heteroatoms. The number of para-hydroxylation sites is 1. The minimum absolute atomic E-state index is 0.0113. The average Bonchev–Trinajstić information content (AvgIpc) is 3.12. The molecule has 3 aliphatic rings. The molecule has 2 saturated heterocycles. The van der Waals surface area contributed by atoms with Gasteiger partial charge in [0.2, 0.25) is 5.91 Å². The first kappa shape index (κ1) is 16.8. The highest BCUT2D eigenvalue weighted by molar-refractivity contribution is 6.05. The minimum atomic E-state index is -0.0210. The van der Waals surface area contributed by atoms with Crippen molar-refractivity contribution >= 4 is 22.7 Å². The number of hydrogen-bond donors (Lipinski definition) is 1. The fourth-order valence-corrected chi connectivity index (χ4v) is 6.07. The fourth-order valence-electron chi connectivity index (χ4n) is 6.07. The summed E-state index contributed by atoms with van der Waals surface area (Å²) < 4.78 is 0. The van der Waals surface area contributed by atoms with E-state index < -0.39 is 0 Å². The van der Waals surface area contributed by atoms with Crippen LogP contribution in [0, 0.1) is 5.41 Å². The van der Waals surface area contributed by atoms with E-state index in [2.05, 4.69) is 22.0 Å². The van der Waals surface area contributed by atoms with Crippen molar-refractivity contribution in [3.8, 4) is 0 Å². The van der Waals surface area contributed by atoms with Crippen LogP contribution < -0.4 is 0 Å². The van der Waals surface area contributed by atoms with Crippen molar-refractivity contribution in [1.29, 1.82) is 0 Å². The summed E-state index contributed by atoms with van der Waals surface area (Å²) in [6.07, 6.45) is 5.29. The molecule has 3 fully saturated rings. The van der Waals surface area contributed by atoms with Crippen LogP contribution >= 0.6 is 0 Å².